The molecule has 0 saturated heterocycles. The van der Waals surface area contributed by atoms with Crippen LogP contribution in [-0.2, 0) is 10.1 Å². The molecule has 1 N–H and O–H groups in total. The van der Waals surface area contributed by atoms with Crippen molar-refractivity contribution in [2.45, 2.75) is 232 Å². The number of rotatable bonds is 6. The van der Waals surface area contributed by atoms with Gasteiger partial charge < -0.3 is 0 Å². The molecule has 6 saturated carbocycles. The molecule has 0 bridgehead atoms. The fourth-order valence-electron chi connectivity index (χ4n) is 10.1. The van der Waals surface area contributed by atoms with Gasteiger partial charge in [0.25, 0.3) is 0 Å². The van der Waals surface area contributed by atoms with Crippen LogP contribution in [0.3, 0.4) is 0 Å². The predicted octanol–water partition coefficient (Wildman–Crippen LogP) is 13.3. The highest BCUT2D eigenvalue weighted by atomic mass is 32.2. The highest BCUT2D eigenvalue weighted by molar-refractivity contribution is 7.86. The van der Waals surface area contributed by atoms with Crippen molar-refractivity contribution in [1.29, 1.82) is 0 Å². The molecular weight excluding hydrogens is 643 g/mol. The van der Waals surface area contributed by atoms with Crippen LogP contribution in [0, 0.1) is 0 Å². The van der Waals surface area contributed by atoms with Crippen molar-refractivity contribution in [3.8, 4) is 0 Å². The normalized spacial score (nSPS) is 26.3. The maximum Gasteiger partial charge on any atom is 0.522 e. The zero-order chi connectivity index (χ0) is 32.8. The van der Waals surface area contributed by atoms with Crippen LogP contribution in [0.2, 0.25) is 0 Å². The zero-order valence-electron chi connectivity index (χ0n) is 28.9. The minimum atomic E-state index is -5.84. The lowest BCUT2D eigenvalue weighted by molar-refractivity contribution is -0.0510. The van der Waals surface area contributed by atoms with E-state index in [1.54, 1.807) is 154 Å². The molecule has 6 fully saturated rings. The van der Waals surface area contributed by atoms with Gasteiger partial charge in [-0.25, -0.2) is 0 Å². The molecule has 6 aliphatic carbocycles. The summed E-state index contributed by atoms with van der Waals surface area (Å²) in [4.78, 5) is 0. The van der Waals surface area contributed by atoms with Crippen molar-refractivity contribution in [2.24, 2.45) is 0 Å². The van der Waals surface area contributed by atoms with Crippen molar-refractivity contribution in [3.63, 3.8) is 0 Å². The van der Waals surface area contributed by atoms with Gasteiger partial charge >= 0.3 is 15.6 Å². The molecule has 9 heteroatoms. The van der Waals surface area contributed by atoms with E-state index in [1.165, 1.54) is 72.5 Å². The second-order valence-electron chi connectivity index (χ2n) is 15.6. The summed E-state index contributed by atoms with van der Waals surface area (Å²) in [6.07, 6.45) is 47.2. The Morgan fingerprint density at radius 1 is 0.370 bits per heavy atom. The fraction of sp³-hybridized carbons (Fsp3) is 1.00. The van der Waals surface area contributed by atoms with Gasteiger partial charge in [0.1, 0.15) is 0 Å². The standard InChI is InChI=1S/2C18H33P.CHF3O3S/c2*1-4-10-16(11-5-1)19(17-12-6-2-7-13-17)18-14-8-3-9-15-18;2-1(3,4)8(5,6)7/h2*16-18H,1-15H2;(H,5,6,7). The molecule has 0 aromatic heterocycles. The van der Waals surface area contributed by atoms with Gasteiger partial charge in [0.15, 0.2) is 0 Å². The highest BCUT2D eigenvalue weighted by Gasteiger charge is 2.44. The van der Waals surface area contributed by atoms with E-state index in [-0.39, 0.29) is 0 Å². The van der Waals surface area contributed by atoms with E-state index in [9.17, 15) is 13.2 Å². The third-order valence-corrected chi connectivity index (χ3v) is 21.0. The number of hydrogen-bond donors (Lipinski definition) is 1. The summed E-state index contributed by atoms with van der Waals surface area (Å²) in [5.41, 5.74) is 1.60. The first-order valence-electron chi connectivity index (χ1n) is 19.7. The van der Waals surface area contributed by atoms with Crippen LogP contribution in [0.25, 0.3) is 0 Å². The van der Waals surface area contributed by atoms with Crippen LogP contribution in [0.15, 0.2) is 0 Å². The summed E-state index contributed by atoms with van der Waals surface area (Å²) >= 11 is 0. The van der Waals surface area contributed by atoms with Crippen molar-refractivity contribution in [2.75, 3.05) is 0 Å². The Labute approximate surface area is 283 Å². The van der Waals surface area contributed by atoms with E-state index in [1.807, 2.05) is 0 Å². The topological polar surface area (TPSA) is 54.4 Å². The summed E-state index contributed by atoms with van der Waals surface area (Å²) in [5, 5.41) is 0. The number of hydrogen-bond acceptors (Lipinski definition) is 2. The molecule has 270 valence electrons. The molecule has 0 aliphatic heterocycles. The van der Waals surface area contributed by atoms with Crippen LogP contribution < -0.4 is 0 Å². The van der Waals surface area contributed by atoms with E-state index in [0.29, 0.717) is 15.8 Å². The lowest BCUT2D eigenvalue weighted by Gasteiger charge is -2.44. The maximum atomic E-state index is 10.7. The molecule has 0 atom stereocenters. The van der Waals surface area contributed by atoms with Gasteiger partial charge in [-0.15, -0.1) is 0 Å². The van der Waals surface area contributed by atoms with Crippen molar-refractivity contribution in [3.05, 3.63) is 0 Å². The average molecular weight is 711 g/mol. The molecule has 0 aromatic carbocycles. The van der Waals surface area contributed by atoms with Crippen LogP contribution in [0.5, 0.6) is 0 Å². The summed E-state index contributed by atoms with van der Waals surface area (Å²) in [5.74, 6) is 0. The second-order valence-corrected chi connectivity index (χ2v) is 23.1. The minimum Gasteiger partial charge on any atom is -0.279 e. The Morgan fingerprint density at radius 2 is 0.500 bits per heavy atom. The molecule has 3 nitrogen and oxygen atoms in total. The van der Waals surface area contributed by atoms with Gasteiger partial charge in [-0.2, -0.15) is 21.6 Å². The summed E-state index contributed by atoms with van der Waals surface area (Å²) < 4.78 is 57.5. The number of halogens is 3. The van der Waals surface area contributed by atoms with Crippen molar-refractivity contribution < 1.29 is 26.1 Å². The predicted molar refractivity (Wildman–Crippen MR) is 193 cm³/mol. The van der Waals surface area contributed by atoms with E-state index in [2.05, 4.69) is 0 Å². The average Bonchev–Trinajstić information content (AvgIpc) is 3.08. The highest BCUT2D eigenvalue weighted by Crippen LogP contribution is 2.63. The van der Waals surface area contributed by atoms with Gasteiger partial charge in [0.05, 0.1) is 0 Å². The van der Waals surface area contributed by atoms with Gasteiger partial charge in [0, 0.05) is 0 Å². The Balaban J connectivity index is 0.000000170. The quantitative estimate of drug-likeness (QED) is 0.170. The number of alkyl halides is 3. The summed E-state index contributed by atoms with van der Waals surface area (Å²) in [6, 6.07) is 0. The van der Waals surface area contributed by atoms with Gasteiger partial charge in [-0.3, -0.25) is 4.55 Å². The Kier molecular flexibility index (Phi) is 17.5. The van der Waals surface area contributed by atoms with Crippen molar-refractivity contribution in [1.82, 2.24) is 0 Å². The SMILES string of the molecule is C1CCC(P(C2CCCCC2)C2CCCCC2)CC1.C1CCC(P(C2CCCCC2)C2CCCCC2)CC1.O=S(=O)(O)C(F)(F)F. The molecule has 0 aromatic rings. The largest absolute Gasteiger partial charge is 0.522 e. The Hall–Kier alpha value is 0.560. The van der Waals surface area contributed by atoms with E-state index < -0.39 is 15.6 Å². The Bertz CT molecular complexity index is 773. The third-order valence-electron chi connectivity index (χ3n) is 12.3. The lowest BCUT2D eigenvalue weighted by atomic mass is 9.99. The summed E-state index contributed by atoms with van der Waals surface area (Å²) in [7, 11) is -5.07. The first-order valence-corrected chi connectivity index (χ1v) is 24.3. The molecule has 0 unspecified atom stereocenters. The monoisotopic (exact) mass is 710 g/mol. The van der Waals surface area contributed by atoms with Crippen LogP contribution in [-0.4, -0.2) is 52.4 Å². The molecule has 0 heterocycles. The zero-order valence-corrected chi connectivity index (χ0v) is 31.5. The van der Waals surface area contributed by atoms with Gasteiger partial charge in [-0.05, 0) is 111 Å². The van der Waals surface area contributed by atoms with E-state index in [4.69, 9.17) is 13.0 Å². The molecule has 0 radical (unpaired) electrons. The molecule has 6 aliphatic rings. The lowest BCUT2D eigenvalue weighted by Crippen LogP contribution is -2.28. The van der Waals surface area contributed by atoms with Gasteiger partial charge in [0.2, 0.25) is 0 Å². The molecule has 0 amide bonds. The van der Waals surface area contributed by atoms with Crippen molar-refractivity contribution >= 4 is 26.0 Å². The first-order chi connectivity index (χ1) is 22.1. The maximum absolute atomic E-state index is 10.7. The smallest absolute Gasteiger partial charge is 0.279 e. The van der Waals surface area contributed by atoms with Crippen LogP contribution in [0.4, 0.5) is 13.2 Å². The first kappa shape index (κ1) is 39.3. The van der Waals surface area contributed by atoms with E-state index >= 15 is 0 Å². The Morgan fingerprint density at radius 3 is 0.609 bits per heavy atom. The van der Waals surface area contributed by atoms with Crippen LogP contribution in [0.1, 0.15) is 193 Å². The molecule has 6 rings (SSSR count). The third kappa shape index (κ3) is 12.7. The second kappa shape index (κ2) is 20.4. The molecular formula is C37H67F3O3P2S. The fourth-order valence-corrected chi connectivity index (χ4v) is 19.4. The van der Waals surface area contributed by atoms with Crippen LogP contribution >= 0.6 is 15.8 Å². The minimum absolute atomic E-state index is 0.385. The molecule has 46 heavy (non-hydrogen) atoms. The van der Waals surface area contributed by atoms with Gasteiger partial charge in [-0.1, -0.05) is 131 Å². The molecule has 0 spiro atoms. The van der Waals surface area contributed by atoms with E-state index in [0.717, 1.165) is 0 Å². The summed E-state index contributed by atoms with van der Waals surface area (Å²) in [6.45, 7) is 0.